The van der Waals surface area contributed by atoms with Gasteiger partial charge in [-0.3, -0.25) is 4.68 Å². The third-order valence-electron chi connectivity index (χ3n) is 2.63. The smallest absolute Gasteiger partial charge is 0.0582 e. The van der Waals surface area contributed by atoms with Gasteiger partial charge in [0.1, 0.15) is 0 Å². The number of nitrogens with one attached hydrogen (secondary N) is 1. The predicted octanol–water partition coefficient (Wildman–Crippen LogP) is 2.19. The van der Waals surface area contributed by atoms with Crippen molar-refractivity contribution >= 4 is 11.4 Å². The van der Waals surface area contributed by atoms with E-state index >= 15 is 0 Å². The van der Waals surface area contributed by atoms with Gasteiger partial charge in [-0.15, -0.1) is 0 Å². The average Bonchev–Trinajstić information content (AvgIpc) is 2.69. The van der Waals surface area contributed by atoms with Crippen molar-refractivity contribution in [2.75, 3.05) is 17.6 Å². The first-order valence-electron chi connectivity index (χ1n) is 5.74. The van der Waals surface area contributed by atoms with Crippen LogP contribution in [0.2, 0.25) is 0 Å². The zero-order valence-corrected chi connectivity index (χ0v) is 10.3. The fourth-order valence-corrected chi connectivity index (χ4v) is 1.72. The molecule has 0 bridgehead atoms. The molecule has 4 heteroatoms. The normalized spacial score (nSPS) is 10.5. The number of nitrogen functional groups attached to an aromatic ring is 1. The Kier molecular flexibility index (Phi) is 3.32. The largest absolute Gasteiger partial charge is 0.397 e. The maximum absolute atomic E-state index is 5.89. The minimum absolute atomic E-state index is 0.784. The van der Waals surface area contributed by atoms with Gasteiger partial charge in [0, 0.05) is 12.7 Å². The molecule has 2 aromatic rings. The fourth-order valence-electron chi connectivity index (χ4n) is 1.72. The third kappa shape index (κ3) is 3.00. The molecule has 0 aliphatic carbocycles. The molecular formula is C13H18N4. The Balaban J connectivity index is 1.91. The monoisotopic (exact) mass is 230 g/mol. The number of hydrogen-bond acceptors (Lipinski definition) is 3. The summed E-state index contributed by atoms with van der Waals surface area (Å²) in [7, 11) is 0. The molecule has 0 saturated heterocycles. The number of hydrogen-bond donors (Lipinski definition) is 2. The van der Waals surface area contributed by atoms with Crippen LogP contribution in [0.4, 0.5) is 11.4 Å². The lowest BCUT2D eigenvalue weighted by atomic mass is 10.2. The van der Waals surface area contributed by atoms with Gasteiger partial charge in [0.25, 0.3) is 0 Å². The van der Waals surface area contributed by atoms with E-state index in [2.05, 4.69) is 23.4 Å². The molecule has 0 saturated carbocycles. The van der Waals surface area contributed by atoms with Gasteiger partial charge in [0.15, 0.2) is 0 Å². The number of aromatic nitrogens is 2. The maximum atomic E-state index is 5.89. The van der Waals surface area contributed by atoms with Crippen molar-refractivity contribution in [3.63, 3.8) is 0 Å². The van der Waals surface area contributed by atoms with Crippen LogP contribution in [-0.4, -0.2) is 16.3 Å². The van der Waals surface area contributed by atoms with Crippen molar-refractivity contribution in [1.82, 2.24) is 9.78 Å². The molecule has 1 aromatic carbocycles. The zero-order valence-electron chi connectivity index (χ0n) is 10.3. The Bertz CT molecular complexity index is 502. The minimum atomic E-state index is 0.784. The quantitative estimate of drug-likeness (QED) is 0.792. The van der Waals surface area contributed by atoms with Gasteiger partial charge in [-0.25, -0.2) is 0 Å². The lowest BCUT2D eigenvalue weighted by Gasteiger charge is -2.10. The summed E-state index contributed by atoms with van der Waals surface area (Å²) < 4.78 is 1.92. The van der Waals surface area contributed by atoms with Crippen LogP contribution in [0.25, 0.3) is 0 Å². The van der Waals surface area contributed by atoms with Gasteiger partial charge in [-0.05, 0) is 37.1 Å². The van der Waals surface area contributed by atoms with E-state index in [4.69, 9.17) is 5.73 Å². The van der Waals surface area contributed by atoms with E-state index < -0.39 is 0 Å². The lowest BCUT2D eigenvalue weighted by Crippen LogP contribution is -2.11. The highest BCUT2D eigenvalue weighted by Crippen LogP contribution is 2.19. The maximum Gasteiger partial charge on any atom is 0.0582 e. The lowest BCUT2D eigenvalue weighted by molar-refractivity contribution is 0.637. The highest BCUT2D eigenvalue weighted by Gasteiger charge is 1.99. The third-order valence-corrected chi connectivity index (χ3v) is 2.63. The summed E-state index contributed by atoms with van der Waals surface area (Å²) >= 11 is 0. The molecule has 0 fully saturated rings. The molecule has 90 valence electrons. The van der Waals surface area contributed by atoms with Crippen LogP contribution in [0, 0.1) is 13.8 Å². The number of nitrogens with two attached hydrogens (primary N) is 1. The molecule has 2 rings (SSSR count). The number of benzene rings is 1. The molecule has 0 aliphatic heterocycles. The first-order chi connectivity index (χ1) is 8.15. The van der Waals surface area contributed by atoms with Crippen molar-refractivity contribution in [1.29, 1.82) is 0 Å². The van der Waals surface area contributed by atoms with E-state index in [0.29, 0.717) is 0 Å². The molecule has 0 atom stereocenters. The summed E-state index contributed by atoms with van der Waals surface area (Å²) in [5, 5.41) is 7.56. The van der Waals surface area contributed by atoms with Gasteiger partial charge < -0.3 is 11.1 Å². The van der Waals surface area contributed by atoms with E-state index in [1.807, 2.05) is 36.1 Å². The van der Waals surface area contributed by atoms with Crippen LogP contribution in [0.15, 0.2) is 30.6 Å². The van der Waals surface area contributed by atoms with E-state index in [-0.39, 0.29) is 0 Å². The van der Waals surface area contributed by atoms with Gasteiger partial charge in [0.2, 0.25) is 0 Å². The number of rotatable bonds is 4. The van der Waals surface area contributed by atoms with Crippen molar-refractivity contribution < 1.29 is 0 Å². The second kappa shape index (κ2) is 4.91. The Morgan fingerprint density at radius 3 is 2.82 bits per heavy atom. The van der Waals surface area contributed by atoms with Crippen LogP contribution >= 0.6 is 0 Å². The second-order valence-corrected chi connectivity index (χ2v) is 4.30. The molecular weight excluding hydrogens is 212 g/mol. The van der Waals surface area contributed by atoms with Crippen molar-refractivity contribution in [2.45, 2.75) is 20.4 Å². The van der Waals surface area contributed by atoms with E-state index in [1.54, 1.807) is 0 Å². The van der Waals surface area contributed by atoms with Crippen LogP contribution in [0.5, 0.6) is 0 Å². The molecule has 17 heavy (non-hydrogen) atoms. The number of nitrogens with zero attached hydrogens (tertiary/aromatic N) is 2. The summed E-state index contributed by atoms with van der Waals surface area (Å²) in [5.74, 6) is 0. The van der Waals surface area contributed by atoms with E-state index in [9.17, 15) is 0 Å². The summed E-state index contributed by atoms with van der Waals surface area (Å²) in [6.45, 7) is 5.74. The Hall–Kier alpha value is -1.97. The SMILES string of the molecule is Cc1ccc(N)c(NCCn2cc(C)cn2)c1. The Morgan fingerprint density at radius 1 is 1.29 bits per heavy atom. The van der Waals surface area contributed by atoms with Gasteiger partial charge in [0.05, 0.1) is 24.1 Å². The Labute approximate surface area is 101 Å². The van der Waals surface area contributed by atoms with Crippen LogP contribution in [0.3, 0.4) is 0 Å². The van der Waals surface area contributed by atoms with Crippen molar-refractivity contribution in [3.05, 3.63) is 41.7 Å². The molecule has 0 radical (unpaired) electrons. The minimum Gasteiger partial charge on any atom is -0.397 e. The van der Waals surface area contributed by atoms with E-state index in [0.717, 1.165) is 24.5 Å². The topological polar surface area (TPSA) is 55.9 Å². The molecule has 0 amide bonds. The molecule has 3 N–H and O–H groups in total. The summed E-state index contributed by atoms with van der Waals surface area (Å²) in [5.41, 5.74) is 10.1. The van der Waals surface area contributed by atoms with Crippen LogP contribution in [0.1, 0.15) is 11.1 Å². The predicted molar refractivity (Wildman–Crippen MR) is 71.0 cm³/mol. The molecule has 0 spiro atoms. The highest BCUT2D eigenvalue weighted by atomic mass is 15.3. The first-order valence-corrected chi connectivity index (χ1v) is 5.74. The molecule has 0 aliphatic rings. The van der Waals surface area contributed by atoms with Gasteiger partial charge >= 0.3 is 0 Å². The molecule has 1 aromatic heterocycles. The summed E-state index contributed by atoms with van der Waals surface area (Å²) in [4.78, 5) is 0. The van der Waals surface area contributed by atoms with Gasteiger partial charge in [-0.2, -0.15) is 5.10 Å². The van der Waals surface area contributed by atoms with E-state index in [1.165, 1.54) is 11.1 Å². The van der Waals surface area contributed by atoms with Crippen molar-refractivity contribution in [3.8, 4) is 0 Å². The molecule has 4 nitrogen and oxygen atoms in total. The average molecular weight is 230 g/mol. The van der Waals surface area contributed by atoms with Crippen LogP contribution < -0.4 is 11.1 Å². The number of aryl methyl sites for hydroxylation is 2. The van der Waals surface area contributed by atoms with Crippen LogP contribution in [-0.2, 0) is 6.54 Å². The standard InChI is InChI=1S/C13H18N4/c1-10-3-4-12(14)13(7-10)15-5-6-17-9-11(2)8-16-17/h3-4,7-9,15H,5-6,14H2,1-2H3. The highest BCUT2D eigenvalue weighted by molar-refractivity contribution is 5.66. The summed E-state index contributed by atoms with van der Waals surface area (Å²) in [6, 6.07) is 6.00. The molecule has 0 unspecified atom stereocenters. The van der Waals surface area contributed by atoms with Crippen molar-refractivity contribution in [2.24, 2.45) is 0 Å². The first kappa shape index (κ1) is 11.5. The second-order valence-electron chi connectivity index (χ2n) is 4.30. The summed E-state index contributed by atoms with van der Waals surface area (Å²) in [6.07, 6.45) is 3.89. The number of anilines is 2. The Morgan fingerprint density at radius 2 is 2.12 bits per heavy atom. The zero-order chi connectivity index (χ0) is 12.3. The molecule has 1 heterocycles. The van der Waals surface area contributed by atoms with Gasteiger partial charge in [-0.1, -0.05) is 6.07 Å². The fraction of sp³-hybridized carbons (Fsp3) is 0.308.